The van der Waals surface area contributed by atoms with Crippen LogP contribution in [0.15, 0.2) is 0 Å². The van der Waals surface area contributed by atoms with Gasteiger partial charge in [0.25, 0.3) is 0 Å². The summed E-state index contributed by atoms with van der Waals surface area (Å²) in [6.45, 7) is 6.80. The molecule has 0 bridgehead atoms. The van der Waals surface area contributed by atoms with Crippen molar-refractivity contribution in [1.29, 1.82) is 0 Å². The number of hydrogen-bond acceptors (Lipinski definition) is 2. The summed E-state index contributed by atoms with van der Waals surface area (Å²) in [6.07, 6.45) is 1.15. The van der Waals surface area contributed by atoms with Crippen LogP contribution < -0.4 is 0 Å². The lowest BCUT2D eigenvalue weighted by Crippen LogP contribution is -2.29. The third-order valence-corrected chi connectivity index (χ3v) is 3.41. The molecular weight excluding hydrogens is 220 g/mol. The van der Waals surface area contributed by atoms with Crippen LogP contribution in [0.3, 0.4) is 0 Å². The summed E-state index contributed by atoms with van der Waals surface area (Å²) >= 11 is 3.42. The van der Waals surface area contributed by atoms with Gasteiger partial charge in [0.1, 0.15) is 0 Å². The Kier molecular flexibility index (Phi) is 4.00. The highest BCUT2D eigenvalue weighted by Gasteiger charge is 2.21. The SMILES string of the molecule is CC(C)(CBr)OCC1CCOC1. The molecule has 1 fully saturated rings. The summed E-state index contributed by atoms with van der Waals surface area (Å²) in [5.74, 6) is 0.614. The standard InChI is InChI=1S/C9H17BrO2/c1-9(2,7-10)12-6-8-3-4-11-5-8/h8H,3-7H2,1-2H3. The molecule has 1 unspecified atom stereocenters. The van der Waals surface area contributed by atoms with E-state index in [-0.39, 0.29) is 5.60 Å². The third-order valence-electron chi connectivity index (χ3n) is 2.06. The van der Waals surface area contributed by atoms with Crippen molar-refractivity contribution in [2.75, 3.05) is 25.2 Å². The molecule has 1 atom stereocenters. The van der Waals surface area contributed by atoms with Crippen molar-refractivity contribution < 1.29 is 9.47 Å². The fourth-order valence-electron chi connectivity index (χ4n) is 1.10. The van der Waals surface area contributed by atoms with Crippen LogP contribution in [-0.4, -0.2) is 30.8 Å². The van der Waals surface area contributed by atoms with Crippen LogP contribution in [0.2, 0.25) is 0 Å². The number of ether oxygens (including phenoxy) is 2. The number of halogens is 1. The van der Waals surface area contributed by atoms with E-state index in [1.54, 1.807) is 0 Å². The zero-order valence-corrected chi connectivity index (χ0v) is 9.39. The van der Waals surface area contributed by atoms with Gasteiger partial charge in [-0.05, 0) is 20.3 Å². The van der Waals surface area contributed by atoms with Crippen LogP contribution in [-0.2, 0) is 9.47 Å². The fourth-order valence-corrected chi connectivity index (χ4v) is 1.26. The first kappa shape index (κ1) is 10.5. The van der Waals surface area contributed by atoms with Crippen LogP contribution in [0.4, 0.5) is 0 Å². The molecule has 0 aromatic rings. The van der Waals surface area contributed by atoms with Crippen molar-refractivity contribution in [2.45, 2.75) is 25.9 Å². The van der Waals surface area contributed by atoms with Gasteiger partial charge in [0.2, 0.25) is 0 Å². The summed E-state index contributed by atoms with van der Waals surface area (Å²) in [7, 11) is 0. The Morgan fingerprint density at radius 3 is 2.83 bits per heavy atom. The molecule has 2 nitrogen and oxygen atoms in total. The molecule has 1 rings (SSSR count). The predicted octanol–water partition coefficient (Wildman–Crippen LogP) is 2.21. The first-order valence-corrected chi connectivity index (χ1v) is 5.54. The molecule has 0 spiro atoms. The number of hydrogen-bond donors (Lipinski definition) is 0. The molecular formula is C9H17BrO2. The van der Waals surface area contributed by atoms with Gasteiger partial charge in [0, 0.05) is 17.9 Å². The van der Waals surface area contributed by atoms with Gasteiger partial charge in [0.15, 0.2) is 0 Å². The van der Waals surface area contributed by atoms with E-state index in [1.807, 2.05) is 0 Å². The van der Waals surface area contributed by atoms with Gasteiger partial charge < -0.3 is 9.47 Å². The zero-order chi connectivity index (χ0) is 9.03. The molecule has 0 saturated carbocycles. The van der Waals surface area contributed by atoms with E-state index in [1.165, 1.54) is 0 Å². The lowest BCUT2D eigenvalue weighted by atomic mass is 10.1. The predicted molar refractivity (Wildman–Crippen MR) is 52.8 cm³/mol. The molecule has 3 heteroatoms. The van der Waals surface area contributed by atoms with E-state index in [0.29, 0.717) is 5.92 Å². The van der Waals surface area contributed by atoms with E-state index >= 15 is 0 Å². The Labute approximate surface area is 82.7 Å². The molecule has 0 aromatic carbocycles. The zero-order valence-electron chi connectivity index (χ0n) is 7.81. The van der Waals surface area contributed by atoms with Gasteiger partial charge in [-0.2, -0.15) is 0 Å². The van der Waals surface area contributed by atoms with Crippen LogP contribution in [0.25, 0.3) is 0 Å². The van der Waals surface area contributed by atoms with Gasteiger partial charge in [-0.1, -0.05) is 15.9 Å². The van der Waals surface area contributed by atoms with Crippen molar-refractivity contribution in [3.8, 4) is 0 Å². The van der Waals surface area contributed by atoms with Crippen molar-refractivity contribution in [3.63, 3.8) is 0 Å². The highest BCUT2D eigenvalue weighted by atomic mass is 79.9. The summed E-state index contributed by atoms with van der Waals surface area (Å²) in [6, 6.07) is 0. The smallest absolute Gasteiger partial charge is 0.0723 e. The average Bonchev–Trinajstić information content (AvgIpc) is 2.53. The van der Waals surface area contributed by atoms with Gasteiger partial charge in [-0.3, -0.25) is 0 Å². The molecule has 0 N–H and O–H groups in total. The Morgan fingerprint density at radius 2 is 2.33 bits per heavy atom. The van der Waals surface area contributed by atoms with Gasteiger partial charge in [-0.15, -0.1) is 0 Å². The van der Waals surface area contributed by atoms with Crippen LogP contribution in [0.1, 0.15) is 20.3 Å². The van der Waals surface area contributed by atoms with E-state index in [0.717, 1.165) is 31.6 Å². The molecule has 12 heavy (non-hydrogen) atoms. The Bertz CT molecular complexity index is 130. The molecule has 0 amide bonds. The maximum absolute atomic E-state index is 5.74. The van der Waals surface area contributed by atoms with Crippen molar-refractivity contribution >= 4 is 15.9 Å². The quantitative estimate of drug-likeness (QED) is 0.698. The maximum atomic E-state index is 5.74. The first-order valence-electron chi connectivity index (χ1n) is 4.42. The summed E-state index contributed by atoms with van der Waals surface area (Å²) in [5.41, 5.74) is -0.0391. The molecule has 1 aliphatic heterocycles. The highest BCUT2D eigenvalue weighted by Crippen LogP contribution is 2.18. The second-order valence-corrected chi connectivity index (χ2v) is 4.49. The lowest BCUT2D eigenvalue weighted by molar-refractivity contribution is -0.0190. The van der Waals surface area contributed by atoms with Gasteiger partial charge in [0.05, 0.1) is 18.8 Å². The molecule has 1 aliphatic rings. The third kappa shape index (κ3) is 3.42. The fraction of sp³-hybridized carbons (Fsp3) is 1.00. The van der Waals surface area contributed by atoms with Crippen molar-refractivity contribution in [3.05, 3.63) is 0 Å². The van der Waals surface area contributed by atoms with Gasteiger partial charge >= 0.3 is 0 Å². The summed E-state index contributed by atoms with van der Waals surface area (Å²) in [5, 5.41) is 0.883. The number of rotatable bonds is 4. The molecule has 0 aliphatic carbocycles. The monoisotopic (exact) mass is 236 g/mol. The largest absolute Gasteiger partial charge is 0.381 e. The molecule has 1 heterocycles. The highest BCUT2D eigenvalue weighted by molar-refractivity contribution is 9.09. The maximum Gasteiger partial charge on any atom is 0.0723 e. The second kappa shape index (κ2) is 4.58. The van der Waals surface area contributed by atoms with E-state index in [9.17, 15) is 0 Å². The van der Waals surface area contributed by atoms with E-state index in [2.05, 4.69) is 29.8 Å². The van der Waals surface area contributed by atoms with Crippen LogP contribution >= 0.6 is 15.9 Å². The lowest BCUT2D eigenvalue weighted by Gasteiger charge is -2.24. The van der Waals surface area contributed by atoms with E-state index < -0.39 is 0 Å². The van der Waals surface area contributed by atoms with Crippen molar-refractivity contribution in [1.82, 2.24) is 0 Å². The first-order chi connectivity index (χ1) is 5.64. The Balaban J connectivity index is 2.15. The molecule has 72 valence electrons. The van der Waals surface area contributed by atoms with E-state index in [4.69, 9.17) is 9.47 Å². The summed E-state index contributed by atoms with van der Waals surface area (Å²) < 4.78 is 11.0. The molecule has 0 aromatic heterocycles. The minimum absolute atomic E-state index is 0.0391. The Hall–Kier alpha value is 0.400. The molecule has 1 saturated heterocycles. The number of alkyl halides is 1. The van der Waals surface area contributed by atoms with Crippen LogP contribution in [0, 0.1) is 5.92 Å². The minimum Gasteiger partial charge on any atom is -0.381 e. The summed E-state index contributed by atoms with van der Waals surface area (Å²) in [4.78, 5) is 0. The minimum atomic E-state index is -0.0391. The molecule has 0 radical (unpaired) electrons. The van der Waals surface area contributed by atoms with Gasteiger partial charge in [-0.25, -0.2) is 0 Å². The average molecular weight is 237 g/mol. The normalized spacial score (nSPS) is 24.8. The topological polar surface area (TPSA) is 18.5 Å². The van der Waals surface area contributed by atoms with Crippen molar-refractivity contribution in [2.24, 2.45) is 5.92 Å². The van der Waals surface area contributed by atoms with Crippen LogP contribution in [0.5, 0.6) is 0 Å². The second-order valence-electron chi connectivity index (χ2n) is 3.93. The Morgan fingerprint density at radius 1 is 1.58 bits per heavy atom.